The first-order valence-electron chi connectivity index (χ1n) is 6.71. The predicted octanol–water partition coefficient (Wildman–Crippen LogP) is 2.94. The second kappa shape index (κ2) is 5.78. The molecule has 2 aromatic rings. The largest absolute Gasteiger partial charge is 0.332 e. The fraction of sp³-hybridized carbons (Fsp3) is 0.333. The molecule has 1 aliphatic rings. The lowest BCUT2D eigenvalue weighted by molar-refractivity contribution is -0.121. The maximum absolute atomic E-state index is 12.5. The molecular weight excluding hydrogens is 366 g/mol. The number of carbonyl (C=O) groups excluding carboxylic acids is 2. The first kappa shape index (κ1) is 15.1. The number of rotatable bonds is 5. The van der Waals surface area contributed by atoms with Crippen molar-refractivity contribution in [1.29, 1.82) is 5.26 Å². The van der Waals surface area contributed by atoms with Crippen molar-refractivity contribution in [2.75, 3.05) is 0 Å². The van der Waals surface area contributed by atoms with Crippen LogP contribution >= 0.6 is 27.3 Å². The van der Waals surface area contributed by atoms with Gasteiger partial charge in [-0.15, -0.1) is 11.3 Å². The standard InChI is InChI=1S/C15H12BrN3O2S/c1-19-3-2-18-15(19)14(21)11(6-17)13(20)10-5-9(10)8-4-12(16)22-7-8/h2-4,7,9-11H,5H2,1H3/t9-,10+,11?/m0/s1. The molecule has 0 aromatic carbocycles. The van der Waals surface area contributed by atoms with Crippen molar-refractivity contribution < 1.29 is 9.59 Å². The molecule has 1 fully saturated rings. The van der Waals surface area contributed by atoms with Gasteiger partial charge in [-0.1, -0.05) is 0 Å². The predicted molar refractivity (Wildman–Crippen MR) is 84.5 cm³/mol. The topological polar surface area (TPSA) is 75.8 Å². The summed E-state index contributed by atoms with van der Waals surface area (Å²) in [4.78, 5) is 28.8. The Morgan fingerprint density at radius 3 is 2.91 bits per heavy atom. The first-order chi connectivity index (χ1) is 10.5. The van der Waals surface area contributed by atoms with Crippen molar-refractivity contribution in [3.05, 3.63) is 39.0 Å². The van der Waals surface area contributed by atoms with Crippen LogP contribution in [0.1, 0.15) is 28.5 Å². The normalized spacial score (nSPS) is 21.1. The van der Waals surface area contributed by atoms with E-state index in [9.17, 15) is 14.9 Å². The van der Waals surface area contributed by atoms with Crippen LogP contribution in [0.2, 0.25) is 0 Å². The van der Waals surface area contributed by atoms with Crippen LogP contribution in [-0.4, -0.2) is 21.1 Å². The minimum absolute atomic E-state index is 0.125. The summed E-state index contributed by atoms with van der Waals surface area (Å²) in [5.74, 6) is -2.04. The molecule has 3 atom stereocenters. The Kier molecular flexibility index (Phi) is 3.98. The summed E-state index contributed by atoms with van der Waals surface area (Å²) in [5, 5.41) is 11.3. The van der Waals surface area contributed by atoms with Crippen LogP contribution in [0.3, 0.4) is 0 Å². The second-order valence-electron chi connectivity index (χ2n) is 5.32. The van der Waals surface area contributed by atoms with Crippen molar-refractivity contribution >= 4 is 38.8 Å². The number of hydrogen-bond acceptors (Lipinski definition) is 5. The Labute approximate surface area is 139 Å². The molecule has 5 nitrogen and oxygen atoms in total. The monoisotopic (exact) mass is 377 g/mol. The molecule has 112 valence electrons. The highest BCUT2D eigenvalue weighted by atomic mass is 79.9. The van der Waals surface area contributed by atoms with E-state index in [-0.39, 0.29) is 23.4 Å². The number of Topliss-reactive ketones (excluding diaryl/α,β-unsaturated/α-hetero) is 2. The second-order valence-corrected chi connectivity index (χ2v) is 7.61. The lowest BCUT2D eigenvalue weighted by Gasteiger charge is -2.07. The first-order valence-corrected chi connectivity index (χ1v) is 8.39. The van der Waals surface area contributed by atoms with E-state index in [1.54, 1.807) is 24.6 Å². The summed E-state index contributed by atoms with van der Waals surface area (Å²) < 4.78 is 2.54. The molecule has 0 bridgehead atoms. The Bertz CT molecular complexity index is 789. The average molecular weight is 378 g/mol. The van der Waals surface area contributed by atoms with E-state index < -0.39 is 11.7 Å². The molecule has 0 saturated heterocycles. The third kappa shape index (κ3) is 2.64. The Balaban J connectivity index is 1.75. The quantitative estimate of drug-likeness (QED) is 0.592. The summed E-state index contributed by atoms with van der Waals surface area (Å²) in [6.07, 6.45) is 3.80. The van der Waals surface area contributed by atoms with Crippen LogP contribution in [0.15, 0.2) is 27.6 Å². The molecule has 3 rings (SSSR count). The van der Waals surface area contributed by atoms with E-state index >= 15 is 0 Å². The van der Waals surface area contributed by atoms with Gasteiger partial charge in [-0.25, -0.2) is 4.98 Å². The van der Waals surface area contributed by atoms with Crippen molar-refractivity contribution in [3.63, 3.8) is 0 Å². The van der Waals surface area contributed by atoms with Gasteiger partial charge >= 0.3 is 0 Å². The summed E-state index contributed by atoms with van der Waals surface area (Å²) in [5.41, 5.74) is 1.09. The molecule has 2 heterocycles. The van der Waals surface area contributed by atoms with Crippen LogP contribution in [0.5, 0.6) is 0 Å². The van der Waals surface area contributed by atoms with E-state index in [2.05, 4.69) is 20.9 Å². The molecule has 2 aromatic heterocycles. The Morgan fingerprint density at radius 1 is 1.59 bits per heavy atom. The number of imidazole rings is 1. The zero-order valence-corrected chi connectivity index (χ0v) is 14.1. The minimum atomic E-state index is -1.27. The van der Waals surface area contributed by atoms with Crippen molar-refractivity contribution in [1.82, 2.24) is 9.55 Å². The maximum Gasteiger partial charge on any atom is 0.222 e. The third-order valence-electron chi connectivity index (χ3n) is 3.89. The van der Waals surface area contributed by atoms with Gasteiger partial charge in [0.1, 0.15) is 0 Å². The number of aryl methyl sites for hydroxylation is 1. The Morgan fingerprint density at radius 2 is 2.36 bits per heavy atom. The molecule has 1 aliphatic carbocycles. The number of ketones is 2. The minimum Gasteiger partial charge on any atom is -0.332 e. The molecule has 0 aliphatic heterocycles. The molecule has 1 saturated carbocycles. The Hall–Kier alpha value is -1.78. The number of carbonyl (C=O) groups is 2. The molecule has 22 heavy (non-hydrogen) atoms. The van der Waals surface area contributed by atoms with Gasteiger partial charge < -0.3 is 4.57 Å². The number of nitriles is 1. The highest BCUT2D eigenvalue weighted by molar-refractivity contribution is 9.11. The van der Waals surface area contributed by atoms with Crippen LogP contribution in [0.25, 0.3) is 0 Å². The molecule has 1 unspecified atom stereocenters. The van der Waals surface area contributed by atoms with Crippen LogP contribution in [0.4, 0.5) is 0 Å². The van der Waals surface area contributed by atoms with E-state index in [1.165, 1.54) is 10.8 Å². The lowest BCUT2D eigenvalue weighted by atomic mass is 9.95. The number of nitrogens with zero attached hydrogens (tertiary/aromatic N) is 3. The molecular formula is C15H12BrN3O2S. The molecule has 0 amide bonds. The molecule has 0 N–H and O–H groups in total. The van der Waals surface area contributed by atoms with Gasteiger partial charge in [-0.3, -0.25) is 9.59 Å². The van der Waals surface area contributed by atoms with Crippen LogP contribution in [-0.2, 0) is 11.8 Å². The van der Waals surface area contributed by atoms with Crippen LogP contribution < -0.4 is 0 Å². The maximum atomic E-state index is 12.5. The summed E-state index contributed by atoms with van der Waals surface area (Å²) in [7, 11) is 1.67. The van der Waals surface area contributed by atoms with Crippen molar-refractivity contribution in [2.24, 2.45) is 18.9 Å². The van der Waals surface area contributed by atoms with Crippen LogP contribution in [0, 0.1) is 23.2 Å². The third-order valence-corrected chi connectivity index (χ3v) is 5.41. The van der Waals surface area contributed by atoms with Gasteiger partial charge in [0, 0.05) is 25.4 Å². The van der Waals surface area contributed by atoms with Gasteiger partial charge in [0.2, 0.25) is 5.78 Å². The number of thiophene rings is 1. The molecule has 7 heteroatoms. The van der Waals surface area contributed by atoms with Gasteiger partial charge in [0.05, 0.1) is 9.86 Å². The summed E-state index contributed by atoms with van der Waals surface area (Å²) >= 11 is 4.97. The highest BCUT2D eigenvalue weighted by Crippen LogP contribution is 2.50. The van der Waals surface area contributed by atoms with E-state index in [0.29, 0.717) is 6.42 Å². The molecule has 0 spiro atoms. The van der Waals surface area contributed by atoms with Crippen molar-refractivity contribution in [3.8, 4) is 6.07 Å². The highest BCUT2D eigenvalue weighted by Gasteiger charge is 2.48. The lowest BCUT2D eigenvalue weighted by Crippen LogP contribution is -2.26. The zero-order valence-electron chi connectivity index (χ0n) is 11.7. The number of aromatic nitrogens is 2. The smallest absolute Gasteiger partial charge is 0.222 e. The summed E-state index contributed by atoms with van der Waals surface area (Å²) in [6, 6.07) is 3.85. The average Bonchev–Trinajstić information content (AvgIpc) is 2.99. The van der Waals surface area contributed by atoms with Gasteiger partial charge in [-0.05, 0) is 45.3 Å². The fourth-order valence-corrected chi connectivity index (χ4v) is 3.83. The fourth-order valence-electron chi connectivity index (χ4n) is 2.59. The zero-order chi connectivity index (χ0) is 15.9. The van der Waals surface area contributed by atoms with Gasteiger partial charge in [-0.2, -0.15) is 5.26 Å². The van der Waals surface area contributed by atoms with E-state index in [4.69, 9.17) is 0 Å². The van der Waals surface area contributed by atoms with Gasteiger partial charge in [0.15, 0.2) is 17.5 Å². The van der Waals surface area contributed by atoms with E-state index in [1.807, 2.05) is 17.5 Å². The molecule has 0 radical (unpaired) electrons. The van der Waals surface area contributed by atoms with E-state index in [0.717, 1.165) is 9.35 Å². The van der Waals surface area contributed by atoms with Crippen molar-refractivity contribution in [2.45, 2.75) is 12.3 Å². The number of halogens is 1. The number of hydrogen-bond donors (Lipinski definition) is 0. The van der Waals surface area contributed by atoms with Gasteiger partial charge in [0.25, 0.3) is 0 Å². The summed E-state index contributed by atoms with van der Waals surface area (Å²) in [6.45, 7) is 0. The SMILES string of the molecule is Cn1ccnc1C(=O)C(C#N)C(=O)[C@@H]1C[C@H]1c1csc(Br)c1.